The van der Waals surface area contributed by atoms with Crippen LogP contribution in [0.25, 0.3) is 10.9 Å². The summed E-state index contributed by atoms with van der Waals surface area (Å²) in [6, 6.07) is 7.32. The van der Waals surface area contributed by atoms with Crippen LogP contribution in [0.5, 0.6) is 5.75 Å². The lowest BCUT2D eigenvalue weighted by atomic mass is 9.89. The van der Waals surface area contributed by atoms with Crippen molar-refractivity contribution in [2.24, 2.45) is 5.92 Å². The molecule has 0 bridgehead atoms. The molecular formula is C20H23N3O3. The minimum Gasteiger partial charge on any atom is -0.497 e. The molecule has 6 heteroatoms. The van der Waals surface area contributed by atoms with Gasteiger partial charge in [-0.3, -0.25) is 9.59 Å². The molecule has 3 rings (SSSR count). The first-order chi connectivity index (χ1) is 12.6. The number of carbonyl (C=O) groups excluding carboxylic acids is 2. The van der Waals surface area contributed by atoms with E-state index in [1.165, 1.54) is 11.3 Å². The number of carbonyl (C=O) groups is 2. The summed E-state index contributed by atoms with van der Waals surface area (Å²) in [6.45, 7) is 0.422. The molecule has 0 aliphatic heterocycles. The molecule has 1 aromatic carbocycles. The fourth-order valence-electron chi connectivity index (χ4n) is 3.66. The number of amides is 1. The van der Waals surface area contributed by atoms with E-state index in [2.05, 4.69) is 4.98 Å². The van der Waals surface area contributed by atoms with Gasteiger partial charge in [-0.1, -0.05) is 19.3 Å². The SMILES string of the molecule is COc1ccc2c(C(=O)C(=O)N(CC#N)CC3CCCCC3)c[nH]c2c1. The smallest absolute Gasteiger partial charge is 0.295 e. The summed E-state index contributed by atoms with van der Waals surface area (Å²) in [5.41, 5.74) is 1.07. The van der Waals surface area contributed by atoms with Gasteiger partial charge in [-0.25, -0.2) is 0 Å². The maximum atomic E-state index is 12.8. The molecule has 136 valence electrons. The standard InChI is InChI=1S/C20H23N3O3/c1-26-15-7-8-16-17(12-22-18(16)11-15)19(24)20(25)23(10-9-21)13-14-5-3-2-4-6-14/h7-8,11-12,14,22H,2-6,10,13H2,1H3. The average molecular weight is 353 g/mol. The number of ketones is 1. The molecule has 1 fully saturated rings. The van der Waals surface area contributed by atoms with Crippen LogP contribution in [0.3, 0.4) is 0 Å². The summed E-state index contributed by atoms with van der Waals surface area (Å²) in [4.78, 5) is 30.0. The molecule has 6 nitrogen and oxygen atoms in total. The van der Waals surface area contributed by atoms with Crippen LogP contribution in [-0.4, -0.2) is 41.8 Å². The maximum absolute atomic E-state index is 12.8. The van der Waals surface area contributed by atoms with Crippen molar-refractivity contribution in [1.82, 2.24) is 9.88 Å². The zero-order chi connectivity index (χ0) is 18.5. The van der Waals surface area contributed by atoms with Crippen molar-refractivity contribution < 1.29 is 14.3 Å². The first kappa shape index (κ1) is 18.0. The van der Waals surface area contributed by atoms with Crippen molar-refractivity contribution in [1.29, 1.82) is 5.26 Å². The molecule has 1 saturated carbocycles. The van der Waals surface area contributed by atoms with Gasteiger partial charge in [0.2, 0.25) is 0 Å². The summed E-state index contributed by atoms with van der Waals surface area (Å²) in [7, 11) is 1.57. The van der Waals surface area contributed by atoms with Crippen LogP contribution in [0.4, 0.5) is 0 Å². The molecule has 1 aromatic heterocycles. The molecule has 1 amide bonds. The quantitative estimate of drug-likeness (QED) is 0.490. The number of benzene rings is 1. The van der Waals surface area contributed by atoms with Crippen LogP contribution < -0.4 is 4.74 Å². The zero-order valence-electron chi connectivity index (χ0n) is 15.0. The number of hydrogen-bond acceptors (Lipinski definition) is 4. The number of fused-ring (bicyclic) bond motifs is 1. The molecular weight excluding hydrogens is 330 g/mol. The Kier molecular flexibility index (Phi) is 5.57. The highest BCUT2D eigenvalue weighted by molar-refractivity contribution is 6.44. The third-order valence-electron chi connectivity index (χ3n) is 5.08. The van der Waals surface area contributed by atoms with Gasteiger partial charge in [-0.2, -0.15) is 5.26 Å². The molecule has 0 unspecified atom stereocenters. The lowest BCUT2D eigenvalue weighted by Gasteiger charge is -2.27. The maximum Gasteiger partial charge on any atom is 0.295 e. The van der Waals surface area contributed by atoms with E-state index in [4.69, 9.17) is 10.00 Å². The molecule has 1 aliphatic carbocycles. The Balaban J connectivity index is 1.80. The number of rotatable bonds is 6. The van der Waals surface area contributed by atoms with E-state index < -0.39 is 11.7 Å². The van der Waals surface area contributed by atoms with E-state index >= 15 is 0 Å². The number of hydrogen-bond donors (Lipinski definition) is 1. The number of nitrogens with zero attached hydrogens (tertiary/aromatic N) is 2. The van der Waals surface area contributed by atoms with Crippen LogP contribution in [0, 0.1) is 17.2 Å². The minimum atomic E-state index is -0.603. The van der Waals surface area contributed by atoms with Crippen LogP contribution in [0.2, 0.25) is 0 Å². The number of nitriles is 1. The predicted octanol–water partition coefficient (Wildman–Crippen LogP) is 3.29. The predicted molar refractivity (Wildman–Crippen MR) is 97.9 cm³/mol. The first-order valence-corrected chi connectivity index (χ1v) is 8.99. The second-order valence-corrected chi connectivity index (χ2v) is 6.79. The molecule has 0 spiro atoms. The topological polar surface area (TPSA) is 86.2 Å². The zero-order valence-corrected chi connectivity index (χ0v) is 15.0. The summed E-state index contributed by atoms with van der Waals surface area (Å²) < 4.78 is 5.18. The summed E-state index contributed by atoms with van der Waals surface area (Å²) >= 11 is 0. The molecule has 1 N–H and O–H groups in total. The van der Waals surface area contributed by atoms with Crippen molar-refractivity contribution in [3.05, 3.63) is 30.0 Å². The van der Waals surface area contributed by atoms with Gasteiger partial charge >= 0.3 is 0 Å². The van der Waals surface area contributed by atoms with Crippen LogP contribution in [-0.2, 0) is 4.79 Å². The van der Waals surface area contributed by atoms with Gasteiger partial charge in [-0.15, -0.1) is 0 Å². The van der Waals surface area contributed by atoms with E-state index in [9.17, 15) is 9.59 Å². The van der Waals surface area contributed by atoms with Crippen molar-refractivity contribution in [3.8, 4) is 11.8 Å². The third kappa shape index (κ3) is 3.72. The van der Waals surface area contributed by atoms with Gasteiger partial charge in [0.1, 0.15) is 12.3 Å². The van der Waals surface area contributed by atoms with Gasteiger partial charge in [-0.05, 0) is 30.9 Å². The summed E-state index contributed by atoms with van der Waals surface area (Å²) in [5, 5.41) is 9.76. The van der Waals surface area contributed by atoms with Crippen LogP contribution in [0.15, 0.2) is 24.4 Å². The fourth-order valence-corrected chi connectivity index (χ4v) is 3.66. The molecule has 0 radical (unpaired) electrons. The second kappa shape index (κ2) is 8.05. The molecule has 0 atom stereocenters. The van der Waals surface area contributed by atoms with E-state index in [1.54, 1.807) is 31.5 Å². The minimum absolute atomic E-state index is 0.0583. The van der Waals surface area contributed by atoms with Crippen molar-refractivity contribution in [2.75, 3.05) is 20.2 Å². The van der Waals surface area contributed by atoms with E-state index in [0.717, 1.165) is 31.2 Å². The number of H-pyrrole nitrogens is 1. The number of nitrogens with one attached hydrogen (secondary N) is 1. The van der Waals surface area contributed by atoms with Crippen molar-refractivity contribution in [3.63, 3.8) is 0 Å². The Morgan fingerprint density at radius 3 is 2.77 bits per heavy atom. The highest BCUT2D eigenvalue weighted by atomic mass is 16.5. The monoisotopic (exact) mass is 353 g/mol. The van der Waals surface area contributed by atoms with Crippen molar-refractivity contribution in [2.45, 2.75) is 32.1 Å². The molecule has 2 aromatic rings. The first-order valence-electron chi connectivity index (χ1n) is 8.99. The van der Waals surface area contributed by atoms with E-state index in [1.807, 2.05) is 6.07 Å². The number of ether oxygens (including phenoxy) is 1. The number of Topliss-reactive ketones (excluding diaryl/α,β-unsaturated/α-hetero) is 1. The van der Waals surface area contributed by atoms with Gasteiger partial charge in [0.05, 0.1) is 18.7 Å². The number of aromatic amines is 1. The average Bonchev–Trinajstić information content (AvgIpc) is 3.10. The summed E-state index contributed by atoms with van der Waals surface area (Å²) in [5.74, 6) is -0.129. The largest absolute Gasteiger partial charge is 0.497 e. The van der Waals surface area contributed by atoms with Gasteiger partial charge < -0.3 is 14.6 Å². The van der Waals surface area contributed by atoms with E-state index in [-0.39, 0.29) is 6.54 Å². The van der Waals surface area contributed by atoms with Gasteiger partial charge in [0.25, 0.3) is 11.7 Å². The Labute approximate surface area is 152 Å². The lowest BCUT2D eigenvalue weighted by molar-refractivity contribution is -0.126. The molecule has 26 heavy (non-hydrogen) atoms. The Hall–Kier alpha value is -2.81. The van der Waals surface area contributed by atoms with Gasteiger partial charge in [0.15, 0.2) is 0 Å². The highest BCUT2D eigenvalue weighted by Gasteiger charge is 2.28. The number of aromatic nitrogens is 1. The normalized spacial score (nSPS) is 14.8. The molecule has 1 aliphatic rings. The number of methoxy groups -OCH3 is 1. The third-order valence-corrected chi connectivity index (χ3v) is 5.08. The van der Waals surface area contributed by atoms with Crippen LogP contribution >= 0.6 is 0 Å². The lowest BCUT2D eigenvalue weighted by Crippen LogP contribution is -2.40. The second-order valence-electron chi connectivity index (χ2n) is 6.79. The van der Waals surface area contributed by atoms with E-state index in [0.29, 0.717) is 29.2 Å². The Morgan fingerprint density at radius 1 is 1.31 bits per heavy atom. The van der Waals surface area contributed by atoms with Gasteiger partial charge in [0, 0.05) is 29.7 Å². The molecule has 1 heterocycles. The van der Waals surface area contributed by atoms with Crippen LogP contribution in [0.1, 0.15) is 42.5 Å². The molecule has 0 saturated heterocycles. The summed E-state index contributed by atoms with van der Waals surface area (Å²) in [6.07, 6.45) is 7.18. The Morgan fingerprint density at radius 2 is 2.08 bits per heavy atom. The van der Waals surface area contributed by atoms with Crippen molar-refractivity contribution >= 4 is 22.6 Å². The Bertz CT molecular complexity index is 844. The fraction of sp³-hybridized carbons (Fsp3) is 0.450. The highest BCUT2D eigenvalue weighted by Crippen LogP contribution is 2.26.